The van der Waals surface area contributed by atoms with Gasteiger partial charge in [-0.25, -0.2) is 4.90 Å². The van der Waals surface area contributed by atoms with Gasteiger partial charge in [-0.05, 0) is 136 Å². The standard InChI is InChI=1S/C65H46N2O2/c1-41-33-42(2)61(43(3)34-41)67-64(68)58-31-18-32-59(60(58)65(67)69)66-62-54(52-37-48(44-19-8-4-9-20-44)35-49(38-52)45-21-10-5-11-22-45)27-16-29-56(62)57-30-17-28-55(63(57)66)53-39-50(46-23-12-6-13-24-46)36-51(40-53)47-25-14-7-15-26-47/h4-40H,1-3H3. The summed E-state index contributed by atoms with van der Waals surface area (Å²) in [6, 6.07) is 78.6. The lowest BCUT2D eigenvalue weighted by Gasteiger charge is -2.20. The van der Waals surface area contributed by atoms with E-state index in [1.165, 1.54) is 4.90 Å². The van der Waals surface area contributed by atoms with E-state index in [2.05, 4.69) is 174 Å². The molecule has 0 N–H and O–H groups in total. The molecule has 0 radical (unpaired) electrons. The summed E-state index contributed by atoms with van der Waals surface area (Å²) < 4.78 is 2.28. The summed E-state index contributed by atoms with van der Waals surface area (Å²) in [6.45, 7) is 6.00. The molecule has 0 fully saturated rings. The third-order valence-corrected chi connectivity index (χ3v) is 13.7. The highest BCUT2D eigenvalue weighted by Gasteiger charge is 2.41. The summed E-state index contributed by atoms with van der Waals surface area (Å²) >= 11 is 0. The zero-order valence-corrected chi connectivity index (χ0v) is 38.6. The number of benzene rings is 10. The maximum absolute atomic E-state index is 15.4. The van der Waals surface area contributed by atoms with Gasteiger partial charge < -0.3 is 4.57 Å². The Morgan fingerprint density at radius 1 is 0.319 bits per heavy atom. The molecule has 1 aliphatic rings. The number of nitrogens with zero attached hydrogens (tertiary/aromatic N) is 2. The number of anilines is 1. The summed E-state index contributed by atoms with van der Waals surface area (Å²) in [5, 5.41) is 2.07. The van der Waals surface area contributed by atoms with E-state index < -0.39 is 0 Å². The highest BCUT2D eigenvalue weighted by atomic mass is 16.2. The van der Waals surface area contributed by atoms with Gasteiger partial charge in [0.1, 0.15) is 0 Å². The molecule has 2 heterocycles. The number of imide groups is 1. The lowest BCUT2D eigenvalue weighted by atomic mass is 9.92. The minimum absolute atomic E-state index is 0.320. The lowest BCUT2D eigenvalue weighted by Crippen LogP contribution is -2.31. The molecule has 0 saturated heterocycles. The molecule has 0 aliphatic carbocycles. The molecule has 11 aromatic rings. The van der Waals surface area contributed by atoms with Gasteiger partial charge in [0.15, 0.2) is 0 Å². The molecular formula is C65H46N2O2. The zero-order chi connectivity index (χ0) is 46.8. The van der Waals surface area contributed by atoms with Crippen LogP contribution in [0.25, 0.3) is 94.3 Å². The number of fused-ring (bicyclic) bond motifs is 4. The maximum Gasteiger partial charge on any atom is 0.268 e. The van der Waals surface area contributed by atoms with E-state index in [0.717, 1.165) is 105 Å². The van der Waals surface area contributed by atoms with Crippen LogP contribution in [0.5, 0.6) is 0 Å². The van der Waals surface area contributed by atoms with E-state index in [0.29, 0.717) is 22.5 Å². The average molecular weight is 887 g/mol. The van der Waals surface area contributed by atoms with Crippen molar-refractivity contribution in [3.05, 3.63) is 252 Å². The summed E-state index contributed by atoms with van der Waals surface area (Å²) in [7, 11) is 0. The van der Waals surface area contributed by atoms with Gasteiger partial charge >= 0.3 is 0 Å². The van der Waals surface area contributed by atoms with Crippen LogP contribution in [0.1, 0.15) is 37.4 Å². The molecule has 0 saturated carbocycles. The fourth-order valence-electron chi connectivity index (χ4n) is 10.8. The number of carbonyl (C=O) groups excluding carboxylic acids is 2. The Kier molecular flexibility index (Phi) is 10.1. The molecule has 0 bridgehead atoms. The second-order valence-corrected chi connectivity index (χ2v) is 18.2. The number of hydrogen-bond acceptors (Lipinski definition) is 2. The van der Waals surface area contributed by atoms with Crippen molar-refractivity contribution in [2.75, 3.05) is 4.90 Å². The predicted octanol–water partition coefficient (Wildman–Crippen LogP) is 16.5. The Morgan fingerprint density at radius 2 is 0.681 bits per heavy atom. The van der Waals surface area contributed by atoms with E-state index in [-0.39, 0.29) is 11.8 Å². The topological polar surface area (TPSA) is 42.3 Å². The fraction of sp³-hybridized carbons (Fsp3) is 0.0462. The van der Waals surface area contributed by atoms with Crippen molar-refractivity contribution in [3.63, 3.8) is 0 Å². The number of para-hydroxylation sites is 2. The van der Waals surface area contributed by atoms with E-state index in [4.69, 9.17) is 0 Å². The lowest BCUT2D eigenvalue weighted by molar-refractivity contribution is 0.0925. The van der Waals surface area contributed by atoms with E-state index >= 15 is 4.79 Å². The summed E-state index contributed by atoms with van der Waals surface area (Å²) in [5.74, 6) is -0.653. The molecule has 4 nitrogen and oxygen atoms in total. The highest BCUT2D eigenvalue weighted by Crippen LogP contribution is 2.46. The number of aryl methyl sites for hydroxylation is 3. The Labute approximate surface area is 402 Å². The normalized spacial score (nSPS) is 12.3. The van der Waals surface area contributed by atoms with Crippen molar-refractivity contribution in [1.29, 1.82) is 0 Å². The first-order valence-corrected chi connectivity index (χ1v) is 23.5. The van der Waals surface area contributed by atoms with E-state index in [1.54, 1.807) is 6.07 Å². The van der Waals surface area contributed by atoms with Crippen LogP contribution in [-0.4, -0.2) is 16.4 Å². The SMILES string of the molecule is Cc1cc(C)c(N2C(=O)c3cccc(-n4c5c(-c6cc(-c7ccccc7)cc(-c7ccccc7)c6)cccc5c5cccc(-c6cc(-c7ccccc7)cc(-c7ccccc7)c6)c54)c3C2=O)c(C)c1. The molecule has 1 aliphatic heterocycles. The number of rotatable bonds is 8. The largest absolute Gasteiger partial charge is 0.307 e. The Balaban J connectivity index is 1.19. The molecule has 0 spiro atoms. The third-order valence-electron chi connectivity index (χ3n) is 13.7. The van der Waals surface area contributed by atoms with Crippen molar-refractivity contribution in [2.45, 2.75) is 20.8 Å². The van der Waals surface area contributed by atoms with Crippen LogP contribution >= 0.6 is 0 Å². The summed E-state index contributed by atoms with van der Waals surface area (Å²) in [5.41, 5.74) is 19.7. The van der Waals surface area contributed by atoms with Gasteiger partial charge in [-0.2, -0.15) is 0 Å². The Morgan fingerprint density at radius 3 is 1.09 bits per heavy atom. The molecule has 10 aromatic carbocycles. The molecule has 328 valence electrons. The van der Waals surface area contributed by atoms with Crippen molar-refractivity contribution >= 4 is 39.3 Å². The van der Waals surface area contributed by atoms with Crippen LogP contribution in [0, 0.1) is 20.8 Å². The van der Waals surface area contributed by atoms with E-state index in [1.807, 2.05) is 69.3 Å². The number of hydrogen-bond donors (Lipinski definition) is 0. The van der Waals surface area contributed by atoms with Gasteiger partial charge in [0.25, 0.3) is 11.8 Å². The van der Waals surface area contributed by atoms with Gasteiger partial charge in [-0.15, -0.1) is 0 Å². The monoisotopic (exact) mass is 886 g/mol. The van der Waals surface area contributed by atoms with Crippen molar-refractivity contribution in [1.82, 2.24) is 4.57 Å². The van der Waals surface area contributed by atoms with Gasteiger partial charge in [0.05, 0.1) is 33.5 Å². The van der Waals surface area contributed by atoms with Crippen molar-refractivity contribution in [2.24, 2.45) is 0 Å². The fourth-order valence-corrected chi connectivity index (χ4v) is 10.8. The molecular weight excluding hydrogens is 841 g/mol. The molecule has 4 heteroatoms. The molecule has 69 heavy (non-hydrogen) atoms. The van der Waals surface area contributed by atoms with Crippen LogP contribution in [-0.2, 0) is 0 Å². The average Bonchev–Trinajstić information content (AvgIpc) is 3.87. The molecule has 2 amide bonds. The maximum atomic E-state index is 15.4. The second kappa shape index (κ2) is 16.8. The number of amides is 2. The van der Waals surface area contributed by atoms with Gasteiger partial charge in [-0.3, -0.25) is 9.59 Å². The first-order valence-electron chi connectivity index (χ1n) is 23.5. The van der Waals surface area contributed by atoms with Crippen LogP contribution < -0.4 is 4.90 Å². The Bertz CT molecular complexity index is 3510. The first kappa shape index (κ1) is 41.6. The minimum atomic E-state index is -0.333. The first-order chi connectivity index (χ1) is 33.8. The molecule has 12 rings (SSSR count). The number of carbonyl (C=O) groups is 2. The van der Waals surface area contributed by atoms with E-state index in [9.17, 15) is 4.79 Å². The van der Waals surface area contributed by atoms with Crippen molar-refractivity contribution < 1.29 is 9.59 Å². The summed E-state index contributed by atoms with van der Waals surface area (Å²) in [6.07, 6.45) is 0. The highest BCUT2D eigenvalue weighted by molar-refractivity contribution is 6.36. The minimum Gasteiger partial charge on any atom is -0.307 e. The van der Waals surface area contributed by atoms with Crippen LogP contribution in [0.4, 0.5) is 5.69 Å². The quantitative estimate of drug-likeness (QED) is 0.143. The summed E-state index contributed by atoms with van der Waals surface area (Å²) in [4.78, 5) is 31.6. The van der Waals surface area contributed by atoms with Crippen LogP contribution in [0.15, 0.2) is 224 Å². The second-order valence-electron chi connectivity index (χ2n) is 18.2. The van der Waals surface area contributed by atoms with Crippen LogP contribution in [0.3, 0.4) is 0 Å². The predicted molar refractivity (Wildman–Crippen MR) is 285 cm³/mol. The third kappa shape index (κ3) is 7.08. The van der Waals surface area contributed by atoms with Crippen LogP contribution in [0.2, 0.25) is 0 Å². The van der Waals surface area contributed by atoms with Gasteiger partial charge in [0.2, 0.25) is 0 Å². The molecule has 1 aromatic heterocycles. The van der Waals surface area contributed by atoms with Gasteiger partial charge in [-0.1, -0.05) is 181 Å². The molecule has 0 atom stereocenters. The zero-order valence-electron chi connectivity index (χ0n) is 38.6. The Hall–Kier alpha value is -8.86. The van der Waals surface area contributed by atoms with Crippen molar-refractivity contribution in [3.8, 4) is 72.4 Å². The smallest absolute Gasteiger partial charge is 0.268 e. The number of aromatic nitrogens is 1. The molecule has 0 unspecified atom stereocenters. The van der Waals surface area contributed by atoms with Gasteiger partial charge in [0, 0.05) is 21.9 Å².